The molecule has 17 heavy (non-hydrogen) atoms. The van der Waals surface area contributed by atoms with Gasteiger partial charge in [0.05, 0.1) is 6.04 Å². The van der Waals surface area contributed by atoms with E-state index in [1.807, 2.05) is 13.8 Å². The van der Waals surface area contributed by atoms with Crippen molar-refractivity contribution in [3.8, 4) is 0 Å². The Hall–Kier alpha value is -1.42. The zero-order valence-corrected chi connectivity index (χ0v) is 10.2. The fourth-order valence-electron chi connectivity index (χ4n) is 1.58. The van der Waals surface area contributed by atoms with Crippen molar-refractivity contribution in [2.45, 2.75) is 32.9 Å². The van der Waals surface area contributed by atoms with Gasteiger partial charge in [0, 0.05) is 6.54 Å². The van der Waals surface area contributed by atoms with Gasteiger partial charge in [-0.1, -0.05) is 26.0 Å². The third-order valence-corrected chi connectivity index (χ3v) is 2.42. The molecule has 1 atom stereocenters. The SMILES string of the molecule is CC(C)CC(N)C(=O)NCc1cccc(F)c1. The zero-order valence-electron chi connectivity index (χ0n) is 10.2. The van der Waals surface area contributed by atoms with Crippen molar-refractivity contribution in [3.63, 3.8) is 0 Å². The first-order chi connectivity index (χ1) is 7.99. The Kier molecular flexibility index (Phi) is 5.10. The molecule has 3 N–H and O–H groups in total. The van der Waals surface area contributed by atoms with Gasteiger partial charge >= 0.3 is 0 Å². The van der Waals surface area contributed by atoms with E-state index in [1.54, 1.807) is 12.1 Å². The average Bonchev–Trinajstić information content (AvgIpc) is 2.25. The highest BCUT2D eigenvalue weighted by Crippen LogP contribution is 2.05. The van der Waals surface area contributed by atoms with Crippen LogP contribution in [0, 0.1) is 11.7 Å². The molecule has 0 bridgehead atoms. The second kappa shape index (κ2) is 6.35. The molecule has 0 heterocycles. The molecule has 4 heteroatoms. The molecule has 94 valence electrons. The van der Waals surface area contributed by atoms with Gasteiger partial charge in [0.15, 0.2) is 0 Å². The third kappa shape index (κ3) is 4.95. The molecule has 1 rings (SSSR count). The van der Waals surface area contributed by atoms with Crippen LogP contribution in [0.15, 0.2) is 24.3 Å². The Bertz CT molecular complexity index is 379. The van der Waals surface area contributed by atoms with Gasteiger partial charge in [-0.25, -0.2) is 4.39 Å². The third-order valence-electron chi connectivity index (χ3n) is 2.42. The van der Waals surface area contributed by atoms with Crippen LogP contribution in [0.1, 0.15) is 25.8 Å². The molecule has 0 aliphatic rings. The van der Waals surface area contributed by atoms with E-state index < -0.39 is 6.04 Å². The Morgan fingerprint density at radius 2 is 2.18 bits per heavy atom. The van der Waals surface area contributed by atoms with Crippen molar-refractivity contribution in [3.05, 3.63) is 35.6 Å². The predicted octanol–water partition coefficient (Wildman–Crippen LogP) is 1.82. The standard InChI is InChI=1S/C13H19FN2O/c1-9(2)6-12(15)13(17)16-8-10-4-3-5-11(14)7-10/h3-5,7,9,12H,6,8,15H2,1-2H3,(H,16,17). The van der Waals surface area contributed by atoms with E-state index in [-0.39, 0.29) is 11.7 Å². The number of hydrogen-bond acceptors (Lipinski definition) is 2. The van der Waals surface area contributed by atoms with Crippen LogP contribution in [-0.2, 0) is 11.3 Å². The number of nitrogens with two attached hydrogens (primary N) is 1. The Labute approximate surface area is 101 Å². The number of halogens is 1. The fourth-order valence-corrected chi connectivity index (χ4v) is 1.58. The molecular weight excluding hydrogens is 219 g/mol. The quantitative estimate of drug-likeness (QED) is 0.822. The van der Waals surface area contributed by atoms with Crippen molar-refractivity contribution in [1.82, 2.24) is 5.32 Å². The summed E-state index contributed by atoms with van der Waals surface area (Å²) in [4.78, 5) is 11.6. The molecule has 0 fully saturated rings. The normalized spacial score (nSPS) is 12.5. The smallest absolute Gasteiger partial charge is 0.237 e. The van der Waals surface area contributed by atoms with E-state index >= 15 is 0 Å². The molecule has 0 radical (unpaired) electrons. The van der Waals surface area contributed by atoms with Crippen LogP contribution in [0.5, 0.6) is 0 Å². The minimum atomic E-state index is -0.497. The van der Waals surface area contributed by atoms with Crippen LogP contribution in [0.3, 0.4) is 0 Å². The van der Waals surface area contributed by atoms with Gasteiger partial charge in [-0.3, -0.25) is 4.79 Å². The summed E-state index contributed by atoms with van der Waals surface area (Å²) in [5.41, 5.74) is 6.46. The lowest BCUT2D eigenvalue weighted by Crippen LogP contribution is -2.41. The van der Waals surface area contributed by atoms with Crippen molar-refractivity contribution in [2.75, 3.05) is 0 Å². The first-order valence-electron chi connectivity index (χ1n) is 5.76. The Morgan fingerprint density at radius 1 is 1.47 bits per heavy atom. The van der Waals surface area contributed by atoms with Crippen molar-refractivity contribution in [1.29, 1.82) is 0 Å². The van der Waals surface area contributed by atoms with Crippen molar-refractivity contribution < 1.29 is 9.18 Å². The van der Waals surface area contributed by atoms with Crippen LogP contribution in [0.2, 0.25) is 0 Å². The summed E-state index contributed by atoms with van der Waals surface area (Å²) in [5.74, 6) is -0.115. The second-order valence-corrected chi connectivity index (χ2v) is 4.58. The van der Waals surface area contributed by atoms with Crippen molar-refractivity contribution in [2.24, 2.45) is 11.7 Å². The highest BCUT2D eigenvalue weighted by Gasteiger charge is 2.14. The van der Waals surface area contributed by atoms with Gasteiger partial charge in [0.1, 0.15) is 5.82 Å². The maximum absolute atomic E-state index is 12.9. The summed E-state index contributed by atoms with van der Waals surface area (Å²) < 4.78 is 12.9. The van der Waals surface area contributed by atoms with E-state index in [1.165, 1.54) is 12.1 Å². The first-order valence-corrected chi connectivity index (χ1v) is 5.76. The van der Waals surface area contributed by atoms with Gasteiger partial charge in [0.2, 0.25) is 5.91 Å². The highest BCUT2D eigenvalue weighted by atomic mass is 19.1. The topological polar surface area (TPSA) is 55.1 Å². The predicted molar refractivity (Wildman–Crippen MR) is 65.7 cm³/mol. The molecule has 1 amide bonds. The maximum atomic E-state index is 12.9. The molecule has 1 unspecified atom stereocenters. The number of rotatable bonds is 5. The van der Waals surface area contributed by atoms with Crippen LogP contribution in [-0.4, -0.2) is 11.9 Å². The number of benzene rings is 1. The summed E-state index contributed by atoms with van der Waals surface area (Å²) >= 11 is 0. The molecule has 1 aromatic rings. The summed E-state index contributed by atoms with van der Waals surface area (Å²) in [7, 11) is 0. The molecule has 0 aliphatic carbocycles. The summed E-state index contributed by atoms with van der Waals surface area (Å²) in [6.07, 6.45) is 0.648. The van der Waals surface area contributed by atoms with Crippen LogP contribution in [0.25, 0.3) is 0 Å². The van der Waals surface area contributed by atoms with E-state index in [0.29, 0.717) is 18.9 Å². The van der Waals surface area contributed by atoms with E-state index in [9.17, 15) is 9.18 Å². The van der Waals surface area contributed by atoms with Gasteiger partial charge in [0.25, 0.3) is 0 Å². The van der Waals surface area contributed by atoms with E-state index in [4.69, 9.17) is 5.73 Å². The lowest BCUT2D eigenvalue weighted by atomic mass is 10.0. The number of nitrogens with one attached hydrogen (secondary N) is 1. The number of hydrogen-bond donors (Lipinski definition) is 2. The monoisotopic (exact) mass is 238 g/mol. The van der Waals surface area contributed by atoms with Crippen LogP contribution >= 0.6 is 0 Å². The average molecular weight is 238 g/mol. The largest absolute Gasteiger partial charge is 0.351 e. The molecule has 1 aromatic carbocycles. The lowest BCUT2D eigenvalue weighted by molar-refractivity contribution is -0.122. The fraction of sp³-hybridized carbons (Fsp3) is 0.462. The molecule has 0 aliphatic heterocycles. The second-order valence-electron chi connectivity index (χ2n) is 4.58. The minimum Gasteiger partial charge on any atom is -0.351 e. The highest BCUT2D eigenvalue weighted by molar-refractivity contribution is 5.81. The lowest BCUT2D eigenvalue weighted by Gasteiger charge is -2.14. The van der Waals surface area contributed by atoms with Crippen molar-refractivity contribution >= 4 is 5.91 Å². The Balaban J connectivity index is 2.43. The molecule has 0 saturated heterocycles. The Morgan fingerprint density at radius 3 is 2.76 bits per heavy atom. The maximum Gasteiger partial charge on any atom is 0.237 e. The van der Waals surface area contributed by atoms with Gasteiger partial charge in [-0.05, 0) is 30.0 Å². The van der Waals surface area contributed by atoms with Crippen LogP contribution < -0.4 is 11.1 Å². The first kappa shape index (κ1) is 13.6. The molecule has 0 spiro atoms. The summed E-state index contributed by atoms with van der Waals surface area (Å²) in [5, 5.41) is 2.70. The number of amides is 1. The van der Waals surface area contributed by atoms with Crippen LogP contribution in [0.4, 0.5) is 4.39 Å². The van der Waals surface area contributed by atoms with E-state index in [2.05, 4.69) is 5.32 Å². The summed E-state index contributed by atoms with van der Waals surface area (Å²) in [6, 6.07) is 5.65. The van der Waals surface area contributed by atoms with E-state index in [0.717, 1.165) is 5.56 Å². The molecule has 3 nitrogen and oxygen atoms in total. The van der Waals surface area contributed by atoms with Gasteiger partial charge in [-0.2, -0.15) is 0 Å². The zero-order chi connectivity index (χ0) is 12.8. The molecule has 0 aromatic heterocycles. The minimum absolute atomic E-state index is 0.192. The number of carbonyl (C=O) groups excluding carboxylic acids is 1. The molecular formula is C13H19FN2O. The van der Waals surface area contributed by atoms with Gasteiger partial charge < -0.3 is 11.1 Å². The molecule has 0 saturated carbocycles. The van der Waals surface area contributed by atoms with Gasteiger partial charge in [-0.15, -0.1) is 0 Å². The number of carbonyl (C=O) groups is 1. The summed E-state index contributed by atoms with van der Waals surface area (Å²) in [6.45, 7) is 4.34.